The average Bonchev–Trinajstić information content (AvgIpc) is 3.30. The van der Waals surface area contributed by atoms with E-state index in [4.69, 9.17) is 16.2 Å². The van der Waals surface area contributed by atoms with Crippen LogP contribution in [-0.4, -0.2) is 18.6 Å². The van der Waals surface area contributed by atoms with E-state index in [-0.39, 0.29) is 12.0 Å². The number of benzene rings is 1. The standard InChI is InChI=1S/C36H59N3O2/c1-5-6-7-8-21-39-34(40)16-9-24(2)29-13-14-30-28-12-10-25-22-27(41-33-15-11-26(37)23-32(33)38)17-19-35(25,3)31(28)18-20-36(29,30)4/h11,15,23-25,27-31H,5-10,12-14,16-22,37-38H2,1-4H3,(H,39,40)/t24-,25?,27?,28+,29-,30+,31+,35+,36-/m1/s1. The topological polar surface area (TPSA) is 90.4 Å². The van der Waals surface area contributed by atoms with Crippen molar-refractivity contribution in [1.82, 2.24) is 5.32 Å². The van der Waals surface area contributed by atoms with E-state index < -0.39 is 0 Å². The lowest BCUT2D eigenvalue weighted by Gasteiger charge is -2.61. The minimum atomic E-state index is 0.259. The highest BCUT2D eigenvalue weighted by Crippen LogP contribution is 2.68. The van der Waals surface area contributed by atoms with Crippen LogP contribution in [0, 0.1) is 46.3 Å². The number of nitrogens with one attached hydrogen (secondary N) is 1. The number of anilines is 2. The lowest BCUT2D eigenvalue weighted by molar-refractivity contribution is -0.127. The van der Waals surface area contributed by atoms with Gasteiger partial charge in [-0.15, -0.1) is 0 Å². The number of hydrogen-bond donors (Lipinski definition) is 3. The maximum Gasteiger partial charge on any atom is 0.220 e. The minimum Gasteiger partial charge on any atom is -0.488 e. The molecule has 4 aliphatic carbocycles. The van der Waals surface area contributed by atoms with Crippen LogP contribution in [0.5, 0.6) is 5.75 Å². The van der Waals surface area contributed by atoms with Crippen LogP contribution in [-0.2, 0) is 4.79 Å². The first kappa shape index (κ1) is 30.5. The van der Waals surface area contributed by atoms with E-state index >= 15 is 0 Å². The van der Waals surface area contributed by atoms with Gasteiger partial charge in [0.25, 0.3) is 0 Å². The number of hydrogen-bond acceptors (Lipinski definition) is 4. The van der Waals surface area contributed by atoms with Crippen LogP contribution >= 0.6 is 0 Å². The molecule has 0 saturated heterocycles. The lowest BCUT2D eigenvalue weighted by atomic mass is 9.44. The normalized spacial score (nSPS) is 37.0. The van der Waals surface area contributed by atoms with Gasteiger partial charge in [-0.05, 0) is 135 Å². The smallest absolute Gasteiger partial charge is 0.220 e. The van der Waals surface area contributed by atoms with Crippen molar-refractivity contribution in [3.8, 4) is 5.75 Å². The molecule has 5 rings (SSSR count). The molecule has 230 valence electrons. The summed E-state index contributed by atoms with van der Waals surface area (Å²) in [6, 6.07) is 5.64. The fourth-order valence-corrected chi connectivity index (χ4v) is 10.6. The third-order valence-electron chi connectivity index (χ3n) is 12.9. The summed E-state index contributed by atoms with van der Waals surface area (Å²) >= 11 is 0. The van der Waals surface area contributed by atoms with Crippen molar-refractivity contribution in [2.45, 2.75) is 130 Å². The van der Waals surface area contributed by atoms with Crippen LogP contribution in [0.15, 0.2) is 18.2 Å². The first-order valence-corrected chi connectivity index (χ1v) is 17.2. The van der Waals surface area contributed by atoms with E-state index in [1.54, 1.807) is 0 Å². The molecule has 0 heterocycles. The third-order valence-corrected chi connectivity index (χ3v) is 12.9. The van der Waals surface area contributed by atoms with Gasteiger partial charge in [-0.25, -0.2) is 0 Å². The van der Waals surface area contributed by atoms with Crippen LogP contribution in [0.25, 0.3) is 0 Å². The Balaban J connectivity index is 1.15. The molecular formula is C36H59N3O2. The van der Waals surface area contributed by atoms with Crippen molar-refractivity contribution < 1.29 is 9.53 Å². The number of nitrogen functional groups attached to an aromatic ring is 2. The molecule has 0 radical (unpaired) electrons. The van der Waals surface area contributed by atoms with Crippen molar-refractivity contribution in [2.24, 2.45) is 46.3 Å². The maximum atomic E-state index is 12.5. The Morgan fingerprint density at radius 3 is 2.56 bits per heavy atom. The van der Waals surface area contributed by atoms with Crippen LogP contribution in [0.3, 0.4) is 0 Å². The highest BCUT2D eigenvalue weighted by molar-refractivity contribution is 5.75. The lowest BCUT2D eigenvalue weighted by Crippen LogP contribution is -2.54. The summed E-state index contributed by atoms with van der Waals surface area (Å²) in [5.74, 6) is 5.81. The Morgan fingerprint density at radius 1 is 1.00 bits per heavy atom. The Hall–Kier alpha value is -1.91. The van der Waals surface area contributed by atoms with E-state index in [0.29, 0.717) is 34.5 Å². The molecule has 0 bridgehead atoms. The number of carbonyl (C=O) groups is 1. The van der Waals surface area contributed by atoms with Gasteiger partial charge in [0.1, 0.15) is 5.75 Å². The largest absolute Gasteiger partial charge is 0.488 e. The van der Waals surface area contributed by atoms with Gasteiger partial charge in [-0.2, -0.15) is 0 Å². The average molecular weight is 566 g/mol. The van der Waals surface area contributed by atoms with Crippen molar-refractivity contribution in [1.29, 1.82) is 0 Å². The van der Waals surface area contributed by atoms with Gasteiger partial charge in [0.15, 0.2) is 0 Å². The van der Waals surface area contributed by atoms with E-state index in [2.05, 4.69) is 33.0 Å². The number of ether oxygens (including phenoxy) is 1. The van der Waals surface area contributed by atoms with Crippen molar-refractivity contribution in [3.05, 3.63) is 18.2 Å². The van der Waals surface area contributed by atoms with E-state index in [1.807, 2.05) is 18.2 Å². The van der Waals surface area contributed by atoms with Gasteiger partial charge < -0.3 is 21.5 Å². The molecule has 5 N–H and O–H groups in total. The van der Waals surface area contributed by atoms with E-state index in [1.165, 1.54) is 64.2 Å². The molecular weight excluding hydrogens is 506 g/mol. The first-order chi connectivity index (χ1) is 19.7. The SMILES string of the molecule is CCCCCCNC(=O)CC[C@@H](C)[C@H]1CC[C@H]2[C@@H]3CCC4CC(Oc5ccc(N)cc5N)CC[C@]4(C)[C@H]3CC[C@]12C. The first-order valence-electron chi connectivity index (χ1n) is 17.2. The second kappa shape index (κ2) is 12.8. The van der Waals surface area contributed by atoms with Gasteiger partial charge in [-0.3, -0.25) is 4.79 Å². The summed E-state index contributed by atoms with van der Waals surface area (Å²) < 4.78 is 6.46. The van der Waals surface area contributed by atoms with E-state index in [9.17, 15) is 4.79 Å². The molecule has 4 saturated carbocycles. The Labute approximate surface area is 250 Å². The summed E-state index contributed by atoms with van der Waals surface area (Å²) in [5, 5.41) is 3.18. The zero-order chi connectivity index (χ0) is 29.2. The molecule has 5 heteroatoms. The molecule has 0 aliphatic heterocycles. The van der Waals surface area contributed by atoms with Crippen LogP contribution < -0.4 is 21.5 Å². The number of amides is 1. The second-order valence-electron chi connectivity index (χ2n) is 15.1. The number of fused-ring (bicyclic) bond motifs is 5. The van der Waals surface area contributed by atoms with E-state index in [0.717, 1.165) is 67.6 Å². The predicted molar refractivity (Wildman–Crippen MR) is 170 cm³/mol. The number of nitrogens with two attached hydrogens (primary N) is 2. The monoisotopic (exact) mass is 565 g/mol. The molecule has 5 nitrogen and oxygen atoms in total. The molecule has 1 amide bonds. The molecule has 0 aromatic heterocycles. The van der Waals surface area contributed by atoms with Crippen molar-refractivity contribution in [3.63, 3.8) is 0 Å². The quantitative estimate of drug-likeness (QED) is 0.186. The second-order valence-corrected chi connectivity index (χ2v) is 15.1. The molecule has 0 spiro atoms. The van der Waals surface area contributed by atoms with Crippen molar-refractivity contribution in [2.75, 3.05) is 18.0 Å². The van der Waals surface area contributed by atoms with Gasteiger partial charge in [0.05, 0.1) is 11.8 Å². The third kappa shape index (κ3) is 6.25. The highest BCUT2D eigenvalue weighted by Gasteiger charge is 2.60. The summed E-state index contributed by atoms with van der Waals surface area (Å²) in [6.07, 6.45) is 18.7. The fourth-order valence-electron chi connectivity index (χ4n) is 10.6. The minimum absolute atomic E-state index is 0.259. The molecule has 1 aromatic carbocycles. The molecule has 1 aromatic rings. The number of carbonyl (C=O) groups excluding carboxylic acids is 1. The summed E-state index contributed by atoms with van der Waals surface area (Å²) in [7, 11) is 0. The van der Waals surface area contributed by atoms with Crippen molar-refractivity contribution >= 4 is 17.3 Å². The molecule has 2 unspecified atom stereocenters. The molecule has 41 heavy (non-hydrogen) atoms. The number of unbranched alkanes of at least 4 members (excludes halogenated alkanes) is 3. The predicted octanol–water partition coefficient (Wildman–Crippen LogP) is 8.37. The molecule has 4 fully saturated rings. The van der Waals surface area contributed by atoms with Gasteiger partial charge >= 0.3 is 0 Å². The summed E-state index contributed by atoms with van der Waals surface area (Å²) in [6.45, 7) is 10.8. The highest BCUT2D eigenvalue weighted by atomic mass is 16.5. The number of rotatable bonds is 11. The van der Waals surface area contributed by atoms with Gasteiger partial charge in [-0.1, -0.05) is 47.0 Å². The zero-order valence-electron chi connectivity index (χ0n) is 26.6. The maximum absolute atomic E-state index is 12.5. The van der Waals surface area contributed by atoms with Crippen LogP contribution in [0.4, 0.5) is 11.4 Å². The zero-order valence-corrected chi connectivity index (χ0v) is 26.6. The van der Waals surface area contributed by atoms with Gasteiger partial charge in [0.2, 0.25) is 5.91 Å². The Kier molecular flexibility index (Phi) is 9.50. The summed E-state index contributed by atoms with van der Waals surface area (Å²) in [4.78, 5) is 12.5. The Bertz CT molecular complexity index is 1040. The molecule has 9 atom stereocenters. The van der Waals surface area contributed by atoms with Crippen LogP contribution in [0.2, 0.25) is 0 Å². The van der Waals surface area contributed by atoms with Crippen LogP contribution in [0.1, 0.15) is 124 Å². The fraction of sp³-hybridized carbons (Fsp3) is 0.806. The van der Waals surface area contributed by atoms with Gasteiger partial charge in [0, 0.05) is 18.7 Å². The molecule has 4 aliphatic rings. The Morgan fingerprint density at radius 2 is 1.78 bits per heavy atom. The summed E-state index contributed by atoms with van der Waals surface area (Å²) in [5.41, 5.74) is 14.4.